The fourth-order valence-corrected chi connectivity index (χ4v) is 2.38. The Balaban J connectivity index is 1.76. The monoisotopic (exact) mass is 226 g/mol. The number of nitrogens with one attached hydrogen (secondary N) is 1. The van der Waals surface area contributed by atoms with Crippen molar-refractivity contribution in [1.82, 2.24) is 10.2 Å². The van der Waals surface area contributed by atoms with E-state index in [9.17, 15) is 4.79 Å². The molecule has 2 heterocycles. The molecule has 0 aromatic rings. The number of rotatable bonds is 1. The van der Waals surface area contributed by atoms with Gasteiger partial charge in [-0.2, -0.15) is 0 Å². The van der Waals surface area contributed by atoms with Crippen molar-refractivity contribution in [3.05, 3.63) is 0 Å². The quantitative estimate of drug-likeness (QED) is 0.740. The number of hydrogen-bond donors (Lipinski definition) is 1. The molecule has 0 spiro atoms. The summed E-state index contributed by atoms with van der Waals surface area (Å²) < 4.78 is 5.28. The lowest BCUT2D eigenvalue weighted by Gasteiger charge is -2.27. The van der Waals surface area contributed by atoms with Gasteiger partial charge in [0.05, 0.1) is 0 Å². The number of likely N-dealkylation sites (tertiary alicyclic amines) is 1. The van der Waals surface area contributed by atoms with Gasteiger partial charge in [0, 0.05) is 32.3 Å². The van der Waals surface area contributed by atoms with Gasteiger partial charge in [-0.3, -0.25) is 0 Å². The van der Waals surface area contributed by atoms with Gasteiger partial charge in [-0.1, -0.05) is 12.8 Å². The fraction of sp³-hybridized carbons (Fsp3) is 0.917. The normalized spacial score (nSPS) is 23.9. The van der Waals surface area contributed by atoms with Gasteiger partial charge in [0.1, 0.15) is 0 Å². The number of carbonyl (C=O) groups is 1. The number of hydrogen-bond acceptors (Lipinski definition) is 2. The van der Waals surface area contributed by atoms with Gasteiger partial charge in [0.2, 0.25) is 0 Å². The van der Waals surface area contributed by atoms with Crippen LogP contribution in [-0.4, -0.2) is 43.3 Å². The van der Waals surface area contributed by atoms with E-state index in [1.807, 2.05) is 4.90 Å². The standard InChI is InChI=1S/C12H22N2O2/c15-12(13-11-5-9-16-10-6-11)14-7-3-1-2-4-8-14/h11H,1-10H2,(H,13,15). The first kappa shape index (κ1) is 11.7. The number of urea groups is 1. The molecule has 2 rings (SSSR count). The van der Waals surface area contributed by atoms with Crippen molar-refractivity contribution in [2.75, 3.05) is 26.3 Å². The lowest BCUT2D eigenvalue weighted by molar-refractivity contribution is 0.0781. The van der Waals surface area contributed by atoms with Crippen molar-refractivity contribution in [2.24, 2.45) is 0 Å². The third-order valence-corrected chi connectivity index (χ3v) is 3.44. The van der Waals surface area contributed by atoms with Crippen molar-refractivity contribution < 1.29 is 9.53 Å². The number of ether oxygens (including phenoxy) is 1. The van der Waals surface area contributed by atoms with Gasteiger partial charge in [-0.25, -0.2) is 4.79 Å². The van der Waals surface area contributed by atoms with Crippen molar-refractivity contribution >= 4 is 6.03 Å². The van der Waals surface area contributed by atoms with Crippen LogP contribution in [0.4, 0.5) is 4.79 Å². The predicted molar refractivity (Wildman–Crippen MR) is 62.4 cm³/mol. The Hall–Kier alpha value is -0.770. The minimum atomic E-state index is 0.133. The first-order valence-corrected chi connectivity index (χ1v) is 6.49. The highest BCUT2D eigenvalue weighted by Gasteiger charge is 2.20. The molecule has 2 aliphatic rings. The molecule has 2 fully saturated rings. The summed E-state index contributed by atoms with van der Waals surface area (Å²) in [5.74, 6) is 0. The van der Waals surface area contributed by atoms with E-state index in [0.29, 0.717) is 6.04 Å². The average molecular weight is 226 g/mol. The first-order chi connectivity index (χ1) is 7.86. The zero-order valence-corrected chi connectivity index (χ0v) is 9.91. The molecule has 4 heteroatoms. The highest BCUT2D eigenvalue weighted by Crippen LogP contribution is 2.11. The summed E-state index contributed by atoms with van der Waals surface area (Å²) in [5.41, 5.74) is 0. The second kappa shape index (κ2) is 6.09. The van der Waals surface area contributed by atoms with Gasteiger partial charge in [0.15, 0.2) is 0 Å². The number of carbonyl (C=O) groups excluding carboxylic acids is 1. The molecule has 16 heavy (non-hydrogen) atoms. The molecule has 0 aromatic carbocycles. The number of amides is 2. The highest BCUT2D eigenvalue weighted by atomic mass is 16.5. The molecule has 0 aliphatic carbocycles. The van der Waals surface area contributed by atoms with Crippen LogP contribution in [0.3, 0.4) is 0 Å². The zero-order valence-electron chi connectivity index (χ0n) is 9.91. The highest BCUT2D eigenvalue weighted by molar-refractivity contribution is 5.74. The van der Waals surface area contributed by atoms with Crippen LogP contribution in [0, 0.1) is 0 Å². The fourth-order valence-electron chi connectivity index (χ4n) is 2.38. The Labute approximate surface area is 97.3 Å². The summed E-state index contributed by atoms with van der Waals surface area (Å²) in [6.07, 6.45) is 6.75. The smallest absolute Gasteiger partial charge is 0.317 e. The lowest BCUT2D eigenvalue weighted by atomic mass is 10.1. The van der Waals surface area contributed by atoms with E-state index in [0.717, 1.165) is 52.0 Å². The molecular formula is C12H22N2O2. The topological polar surface area (TPSA) is 41.6 Å². The van der Waals surface area contributed by atoms with Crippen LogP contribution in [0.5, 0.6) is 0 Å². The Morgan fingerprint density at radius 2 is 1.69 bits per heavy atom. The largest absolute Gasteiger partial charge is 0.381 e. The first-order valence-electron chi connectivity index (χ1n) is 6.49. The van der Waals surface area contributed by atoms with Gasteiger partial charge in [0.25, 0.3) is 0 Å². The minimum Gasteiger partial charge on any atom is -0.381 e. The van der Waals surface area contributed by atoms with E-state index in [1.165, 1.54) is 12.8 Å². The molecule has 0 radical (unpaired) electrons. The Morgan fingerprint density at radius 3 is 2.31 bits per heavy atom. The van der Waals surface area contributed by atoms with E-state index < -0.39 is 0 Å². The molecule has 92 valence electrons. The van der Waals surface area contributed by atoms with Crippen LogP contribution in [0.2, 0.25) is 0 Å². The van der Waals surface area contributed by atoms with Gasteiger partial charge in [-0.05, 0) is 25.7 Å². The summed E-state index contributed by atoms with van der Waals surface area (Å²) in [6, 6.07) is 0.457. The van der Waals surface area contributed by atoms with Gasteiger partial charge < -0.3 is 15.0 Å². The maximum Gasteiger partial charge on any atom is 0.317 e. The molecule has 2 saturated heterocycles. The lowest BCUT2D eigenvalue weighted by Crippen LogP contribution is -2.46. The van der Waals surface area contributed by atoms with E-state index in [-0.39, 0.29) is 6.03 Å². The number of nitrogens with zero attached hydrogens (tertiary/aromatic N) is 1. The SMILES string of the molecule is O=C(NC1CCOCC1)N1CCCCCC1. The molecular weight excluding hydrogens is 204 g/mol. The van der Waals surface area contributed by atoms with Crippen molar-refractivity contribution in [3.8, 4) is 0 Å². The summed E-state index contributed by atoms with van der Waals surface area (Å²) in [6.45, 7) is 3.42. The summed E-state index contributed by atoms with van der Waals surface area (Å²) in [7, 11) is 0. The third kappa shape index (κ3) is 3.37. The molecule has 0 saturated carbocycles. The van der Waals surface area contributed by atoms with Gasteiger partial charge >= 0.3 is 6.03 Å². The molecule has 0 bridgehead atoms. The third-order valence-electron chi connectivity index (χ3n) is 3.44. The van der Waals surface area contributed by atoms with Crippen LogP contribution in [-0.2, 0) is 4.74 Å². The van der Waals surface area contributed by atoms with Crippen LogP contribution in [0.15, 0.2) is 0 Å². The van der Waals surface area contributed by atoms with E-state index in [1.54, 1.807) is 0 Å². The predicted octanol–water partition coefficient (Wildman–Crippen LogP) is 1.75. The van der Waals surface area contributed by atoms with E-state index >= 15 is 0 Å². The van der Waals surface area contributed by atoms with Crippen molar-refractivity contribution in [3.63, 3.8) is 0 Å². The second-order valence-electron chi connectivity index (χ2n) is 4.74. The molecule has 0 unspecified atom stereocenters. The van der Waals surface area contributed by atoms with Crippen LogP contribution in [0.25, 0.3) is 0 Å². The van der Waals surface area contributed by atoms with Crippen molar-refractivity contribution in [2.45, 2.75) is 44.6 Å². The maximum absolute atomic E-state index is 12.0. The molecule has 4 nitrogen and oxygen atoms in total. The average Bonchev–Trinajstić information content (AvgIpc) is 2.59. The Bertz CT molecular complexity index is 219. The van der Waals surface area contributed by atoms with Crippen molar-refractivity contribution in [1.29, 1.82) is 0 Å². The Morgan fingerprint density at radius 1 is 1.06 bits per heavy atom. The Kier molecular flexibility index (Phi) is 4.45. The molecule has 0 atom stereocenters. The van der Waals surface area contributed by atoms with Gasteiger partial charge in [-0.15, -0.1) is 0 Å². The van der Waals surface area contributed by atoms with Crippen LogP contribution in [0.1, 0.15) is 38.5 Å². The molecule has 2 amide bonds. The summed E-state index contributed by atoms with van der Waals surface area (Å²) >= 11 is 0. The van der Waals surface area contributed by atoms with Crippen LogP contribution < -0.4 is 5.32 Å². The molecule has 2 aliphatic heterocycles. The molecule has 1 N–H and O–H groups in total. The van der Waals surface area contributed by atoms with Crippen LogP contribution >= 0.6 is 0 Å². The zero-order chi connectivity index (χ0) is 11.2. The summed E-state index contributed by atoms with van der Waals surface area (Å²) in [5, 5.41) is 3.12. The summed E-state index contributed by atoms with van der Waals surface area (Å²) in [4.78, 5) is 14.0. The van der Waals surface area contributed by atoms with E-state index in [2.05, 4.69) is 5.32 Å². The minimum absolute atomic E-state index is 0.133. The van der Waals surface area contributed by atoms with E-state index in [4.69, 9.17) is 4.74 Å². The maximum atomic E-state index is 12.0. The molecule has 0 aromatic heterocycles. The second-order valence-corrected chi connectivity index (χ2v) is 4.74.